The maximum Gasteiger partial charge on any atom is 0.258 e. The van der Waals surface area contributed by atoms with Gasteiger partial charge in [-0.2, -0.15) is 0 Å². The Morgan fingerprint density at radius 3 is 2.61 bits per heavy atom. The van der Waals surface area contributed by atoms with Gasteiger partial charge in [-0.25, -0.2) is 0 Å². The SMILES string of the molecule is O=C1NC2(CCN(Cc3coc4ccccc4c3=O)CC2)Oc2ccccc21. The zero-order valence-corrected chi connectivity index (χ0v) is 15.3. The number of ether oxygens (including phenoxy) is 1. The van der Waals surface area contributed by atoms with Crippen LogP contribution in [0.4, 0.5) is 0 Å². The van der Waals surface area contributed by atoms with E-state index in [1.54, 1.807) is 24.5 Å². The molecular weight excluding hydrogens is 356 g/mol. The van der Waals surface area contributed by atoms with Gasteiger partial charge in [-0.1, -0.05) is 24.3 Å². The highest BCUT2D eigenvalue weighted by atomic mass is 16.5. The number of para-hydroxylation sites is 2. The van der Waals surface area contributed by atoms with Gasteiger partial charge in [0.25, 0.3) is 5.91 Å². The van der Waals surface area contributed by atoms with E-state index in [1.807, 2.05) is 30.3 Å². The van der Waals surface area contributed by atoms with Gasteiger partial charge in [-0.15, -0.1) is 0 Å². The molecule has 28 heavy (non-hydrogen) atoms. The van der Waals surface area contributed by atoms with E-state index in [0.717, 1.165) is 0 Å². The van der Waals surface area contributed by atoms with Crippen LogP contribution in [0.2, 0.25) is 0 Å². The Labute approximate surface area is 161 Å². The summed E-state index contributed by atoms with van der Waals surface area (Å²) in [4.78, 5) is 27.3. The molecule has 1 aromatic heterocycles. The molecule has 0 atom stereocenters. The molecule has 0 saturated carbocycles. The van der Waals surface area contributed by atoms with Gasteiger partial charge in [-0.05, 0) is 24.3 Å². The van der Waals surface area contributed by atoms with Crippen molar-refractivity contribution in [3.8, 4) is 5.75 Å². The molecule has 0 bridgehead atoms. The first-order valence-corrected chi connectivity index (χ1v) is 9.46. The Morgan fingerprint density at radius 1 is 1.00 bits per heavy atom. The average Bonchev–Trinajstić information content (AvgIpc) is 2.72. The average molecular weight is 376 g/mol. The molecular formula is C22H20N2O4. The van der Waals surface area contributed by atoms with Gasteiger partial charge in [-0.3, -0.25) is 14.5 Å². The second-order valence-corrected chi connectivity index (χ2v) is 7.41. The van der Waals surface area contributed by atoms with Crippen molar-refractivity contribution in [1.29, 1.82) is 0 Å². The lowest BCUT2D eigenvalue weighted by Crippen LogP contribution is -2.61. The van der Waals surface area contributed by atoms with Crippen molar-refractivity contribution in [2.24, 2.45) is 0 Å². The molecule has 1 saturated heterocycles. The molecule has 0 aliphatic carbocycles. The van der Waals surface area contributed by atoms with Crippen LogP contribution in [0.3, 0.4) is 0 Å². The van der Waals surface area contributed by atoms with Crippen molar-refractivity contribution in [3.05, 3.63) is 76.1 Å². The smallest absolute Gasteiger partial charge is 0.258 e. The Balaban J connectivity index is 1.31. The van der Waals surface area contributed by atoms with Gasteiger partial charge < -0.3 is 14.5 Å². The third-order valence-corrected chi connectivity index (χ3v) is 5.59. The Kier molecular flexibility index (Phi) is 3.94. The molecule has 6 heteroatoms. The number of carbonyl (C=O) groups excluding carboxylic acids is 1. The van der Waals surface area contributed by atoms with Crippen LogP contribution in [-0.4, -0.2) is 29.6 Å². The van der Waals surface area contributed by atoms with Gasteiger partial charge in [0.15, 0.2) is 11.2 Å². The number of likely N-dealkylation sites (tertiary alicyclic amines) is 1. The Bertz CT molecular complexity index is 1110. The predicted molar refractivity (Wildman–Crippen MR) is 104 cm³/mol. The topological polar surface area (TPSA) is 71.8 Å². The fourth-order valence-electron chi connectivity index (χ4n) is 4.02. The minimum Gasteiger partial charge on any atom is -0.467 e. The summed E-state index contributed by atoms with van der Waals surface area (Å²) in [6, 6.07) is 14.6. The Morgan fingerprint density at radius 2 is 1.75 bits per heavy atom. The van der Waals surface area contributed by atoms with Crippen LogP contribution in [0.25, 0.3) is 11.0 Å². The van der Waals surface area contributed by atoms with E-state index in [2.05, 4.69) is 10.2 Å². The third-order valence-electron chi connectivity index (χ3n) is 5.59. The number of amides is 1. The van der Waals surface area contributed by atoms with Crippen molar-refractivity contribution in [1.82, 2.24) is 10.2 Å². The summed E-state index contributed by atoms with van der Waals surface area (Å²) < 4.78 is 11.8. The quantitative estimate of drug-likeness (QED) is 0.745. The van der Waals surface area contributed by atoms with Gasteiger partial charge in [0.05, 0.1) is 17.2 Å². The number of hydrogen-bond acceptors (Lipinski definition) is 5. The number of rotatable bonds is 2. The number of piperidine rings is 1. The van der Waals surface area contributed by atoms with E-state index in [-0.39, 0.29) is 11.3 Å². The summed E-state index contributed by atoms with van der Waals surface area (Å²) >= 11 is 0. The lowest BCUT2D eigenvalue weighted by molar-refractivity contribution is -0.0305. The number of carbonyl (C=O) groups is 1. The van der Waals surface area contributed by atoms with Crippen molar-refractivity contribution in [3.63, 3.8) is 0 Å². The minimum atomic E-state index is -0.671. The van der Waals surface area contributed by atoms with Crippen molar-refractivity contribution in [2.45, 2.75) is 25.1 Å². The second kappa shape index (κ2) is 6.49. The van der Waals surface area contributed by atoms with E-state index in [9.17, 15) is 9.59 Å². The normalized spacial score (nSPS) is 18.5. The highest BCUT2D eigenvalue weighted by Gasteiger charge is 2.42. The van der Waals surface area contributed by atoms with Crippen LogP contribution >= 0.6 is 0 Å². The van der Waals surface area contributed by atoms with E-state index in [1.165, 1.54) is 0 Å². The largest absolute Gasteiger partial charge is 0.467 e. The molecule has 2 aromatic carbocycles. The number of fused-ring (bicyclic) bond motifs is 2. The number of nitrogens with zero attached hydrogens (tertiary/aromatic N) is 1. The lowest BCUT2D eigenvalue weighted by Gasteiger charge is -2.44. The van der Waals surface area contributed by atoms with Crippen molar-refractivity contribution < 1.29 is 13.9 Å². The molecule has 3 aromatic rings. The summed E-state index contributed by atoms with van der Waals surface area (Å²) in [7, 11) is 0. The van der Waals surface area contributed by atoms with Crippen molar-refractivity contribution in [2.75, 3.05) is 13.1 Å². The van der Waals surface area contributed by atoms with Crippen LogP contribution in [0.1, 0.15) is 28.8 Å². The minimum absolute atomic E-state index is 0.0123. The molecule has 0 unspecified atom stereocenters. The van der Waals surface area contributed by atoms with E-state index in [0.29, 0.717) is 60.3 Å². The van der Waals surface area contributed by atoms with Crippen LogP contribution in [0.15, 0.2) is 64.0 Å². The summed E-state index contributed by atoms with van der Waals surface area (Å²) in [5.41, 5.74) is 1.16. The lowest BCUT2D eigenvalue weighted by atomic mass is 9.96. The maximum absolute atomic E-state index is 12.7. The molecule has 2 aliphatic heterocycles. The third kappa shape index (κ3) is 2.86. The van der Waals surface area contributed by atoms with Gasteiger partial charge in [0.2, 0.25) is 0 Å². The number of benzene rings is 2. The fourth-order valence-corrected chi connectivity index (χ4v) is 4.02. The molecule has 1 fully saturated rings. The summed E-state index contributed by atoms with van der Waals surface area (Å²) in [5, 5.41) is 3.64. The summed E-state index contributed by atoms with van der Waals surface area (Å²) in [6.07, 6.45) is 2.88. The zero-order valence-electron chi connectivity index (χ0n) is 15.3. The van der Waals surface area contributed by atoms with Gasteiger partial charge >= 0.3 is 0 Å². The fraction of sp³-hybridized carbons (Fsp3) is 0.273. The first kappa shape index (κ1) is 17.0. The molecule has 2 aliphatic rings. The molecule has 142 valence electrons. The monoisotopic (exact) mass is 376 g/mol. The maximum atomic E-state index is 12.7. The molecule has 6 nitrogen and oxygen atoms in total. The van der Waals surface area contributed by atoms with E-state index >= 15 is 0 Å². The molecule has 1 N–H and O–H groups in total. The van der Waals surface area contributed by atoms with Gasteiger partial charge in [0.1, 0.15) is 11.3 Å². The number of nitrogens with one attached hydrogen (secondary N) is 1. The first-order chi connectivity index (χ1) is 13.6. The predicted octanol–water partition coefficient (Wildman–Crippen LogP) is 2.91. The van der Waals surface area contributed by atoms with Crippen LogP contribution in [-0.2, 0) is 6.54 Å². The second-order valence-electron chi connectivity index (χ2n) is 7.41. The molecule has 3 heterocycles. The first-order valence-electron chi connectivity index (χ1n) is 9.46. The molecule has 5 rings (SSSR count). The van der Waals surface area contributed by atoms with Gasteiger partial charge in [0, 0.05) is 38.0 Å². The highest BCUT2D eigenvalue weighted by Crippen LogP contribution is 2.33. The van der Waals surface area contributed by atoms with Crippen molar-refractivity contribution >= 4 is 16.9 Å². The molecule has 1 amide bonds. The van der Waals surface area contributed by atoms with E-state index < -0.39 is 5.72 Å². The standard InChI is InChI=1S/C22H20N2O4/c25-20-15(14-27-18-7-3-1-5-16(18)20)13-24-11-9-22(10-12-24)23-21(26)17-6-2-4-8-19(17)28-22/h1-8,14H,9-13H2,(H,23,26). The molecule has 0 radical (unpaired) electrons. The zero-order chi connectivity index (χ0) is 19.1. The summed E-state index contributed by atoms with van der Waals surface area (Å²) in [6.45, 7) is 1.96. The Hall–Kier alpha value is -3.12. The van der Waals surface area contributed by atoms with E-state index in [4.69, 9.17) is 9.15 Å². The number of hydrogen-bond donors (Lipinski definition) is 1. The van der Waals surface area contributed by atoms with Crippen LogP contribution in [0.5, 0.6) is 5.75 Å². The van der Waals surface area contributed by atoms with Crippen LogP contribution < -0.4 is 15.5 Å². The molecule has 1 spiro atoms. The highest BCUT2D eigenvalue weighted by molar-refractivity contribution is 5.98. The van der Waals surface area contributed by atoms with Crippen LogP contribution in [0, 0.1) is 0 Å². The summed E-state index contributed by atoms with van der Waals surface area (Å²) in [5.74, 6) is 0.542.